The lowest BCUT2D eigenvalue weighted by molar-refractivity contribution is 0.386. The van der Waals surface area contributed by atoms with Crippen molar-refractivity contribution in [1.82, 2.24) is 9.97 Å². The van der Waals surface area contributed by atoms with E-state index in [1.165, 1.54) is 0 Å². The summed E-state index contributed by atoms with van der Waals surface area (Å²) in [4.78, 5) is 8.51. The van der Waals surface area contributed by atoms with Gasteiger partial charge in [0.15, 0.2) is 0 Å². The van der Waals surface area contributed by atoms with E-state index >= 15 is 0 Å². The van der Waals surface area contributed by atoms with Crippen molar-refractivity contribution in [2.75, 3.05) is 7.11 Å². The maximum Gasteiger partial charge on any atom is 0.219 e. The van der Waals surface area contributed by atoms with Gasteiger partial charge in [-0.05, 0) is 27.7 Å². The molecule has 1 rings (SSSR count). The summed E-state index contributed by atoms with van der Waals surface area (Å²) in [6.45, 7) is 7.59. The molecule has 14 heavy (non-hydrogen) atoms. The molecule has 2 N–H and O–H groups in total. The van der Waals surface area contributed by atoms with Gasteiger partial charge in [-0.1, -0.05) is 0 Å². The van der Waals surface area contributed by atoms with Crippen LogP contribution in [-0.4, -0.2) is 17.1 Å². The predicted molar refractivity (Wildman–Crippen MR) is 55.3 cm³/mol. The van der Waals surface area contributed by atoms with Crippen LogP contribution in [0.1, 0.15) is 30.9 Å². The minimum atomic E-state index is -0.467. The predicted octanol–water partition coefficient (Wildman–Crippen LogP) is 1.30. The SMILES string of the molecule is COc1nc(C)nc(C(C)(C)N)c1C. The van der Waals surface area contributed by atoms with Crippen molar-refractivity contribution in [3.8, 4) is 5.88 Å². The van der Waals surface area contributed by atoms with E-state index in [9.17, 15) is 0 Å². The Hall–Kier alpha value is -1.16. The van der Waals surface area contributed by atoms with E-state index in [0.29, 0.717) is 11.7 Å². The molecule has 0 aliphatic rings. The van der Waals surface area contributed by atoms with Crippen molar-refractivity contribution in [2.24, 2.45) is 5.73 Å². The summed E-state index contributed by atoms with van der Waals surface area (Å²) in [5.41, 5.74) is 7.28. The summed E-state index contributed by atoms with van der Waals surface area (Å²) < 4.78 is 5.15. The topological polar surface area (TPSA) is 61.0 Å². The van der Waals surface area contributed by atoms with Crippen LogP contribution in [0.2, 0.25) is 0 Å². The molecule has 4 heteroatoms. The number of nitrogens with two attached hydrogens (primary N) is 1. The summed E-state index contributed by atoms with van der Waals surface area (Å²) in [5.74, 6) is 1.28. The van der Waals surface area contributed by atoms with E-state index in [2.05, 4.69) is 9.97 Å². The van der Waals surface area contributed by atoms with E-state index in [0.717, 1.165) is 11.3 Å². The molecule has 0 aliphatic heterocycles. The zero-order valence-corrected chi connectivity index (χ0v) is 9.38. The van der Waals surface area contributed by atoms with E-state index in [-0.39, 0.29) is 0 Å². The fraction of sp³-hybridized carbons (Fsp3) is 0.600. The summed E-state index contributed by atoms with van der Waals surface area (Å²) in [7, 11) is 1.60. The Morgan fingerprint density at radius 2 is 1.79 bits per heavy atom. The fourth-order valence-corrected chi connectivity index (χ4v) is 1.43. The Morgan fingerprint density at radius 3 is 2.21 bits per heavy atom. The van der Waals surface area contributed by atoms with Crippen molar-refractivity contribution < 1.29 is 4.74 Å². The molecular formula is C10H17N3O. The summed E-state index contributed by atoms with van der Waals surface area (Å²) >= 11 is 0. The maximum absolute atomic E-state index is 6.00. The average molecular weight is 195 g/mol. The average Bonchev–Trinajstić information content (AvgIpc) is 2.06. The Bertz CT molecular complexity index is 342. The van der Waals surface area contributed by atoms with Crippen LogP contribution < -0.4 is 10.5 Å². The minimum absolute atomic E-state index is 0.467. The number of aryl methyl sites for hydroxylation is 1. The number of ether oxygens (including phenoxy) is 1. The number of nitrogens with zero attached hydrogens (tertiary/aromatic N) is 2. The van der Waals surface area contributed by atoms with Gasteiger partial charge in [-0.3, -0.25) is 0 Å². The molecule has 78 valence electrons. The van der Waals surface area contributed by atoms with Gasteiger partial charge in [0.05, 0.1) is 18.3 Å². The molecule has 4 nitrogen and oxygen atoms in total. The molecule has 0 fully saturated rings. The normalized spacial score (nSPS) is 11.6. The Kier molecular flexibility index (Phi) is 2.76. The van der Waals surface area contributed by atoms with Crippen LogP contribution in [-0.2, 0) is 5.54 Å². The highest BCUT2D eigenvalue weighted by Gasteiger charge is 2.21. The van der Waals surface area contributed by atoms with Crippen molar-refractivity contribution in [3.05, 3.63) is 17.1 Å². The standard InChI is InChI=1S/C10H17N3O/c1-6-8(10(3,4)11)12-7(2)13-9(6)14-5/h11H2,1-5H3. The first-order valence-corrected chi connectivity index (χ1v) is 4.55. The first kappa shape index (κ1) is 10.9. The highest BCUT2D eigenvalue weighted by molar-refractivity contribution is 5.33. The minimum Gasteiger partial charge on any atom is -0.481 e. The second-order valence-electron chi connectivity index (χ2n) is 3.98. The van der Waals surface area contributed by atoms with Gasteiger partial charge in [0.2, 0.25) is 5.88 Å². The van der Waals surface area contributed by atoms with Crippen LogP contribution in [0.15, 0.2) is 0 Å². The molecule has 1 aromatic heterocycles. The summed E-state index contributed by atoms with van der Waals surface area (Å²) in [6, 6.07) is 0. The van der Waals surface area contributed by atoms with Crippen LogP contribution in [0, 0.1) is 13.8 Å². The Balaban J connectivity index is 3.37. The largest absolute Gasteiger partial charge is 0.481 e. The van der Waals surface area contributed by atoms with Gasteiger partial charge in [-0.2, -0.15) is 4.98 Å². The van der Waals surface area contributed by atoms with Gasteiger partial charge < -0.3 is 10.5 Å². The van der Waals surface area contributed by atoms with Crippen molar-refractivity contribution in [2.45, 2.75) is 33.2 Å². The molecule has 0 unspecified atom stereocenters. The summed E-state index contributed by atoms with van der Waals surface area (Å²) in [6.07, 6.45) is 0. The van der Waals surface area contributed by atoms with Crippen LogP contribution in [0.3, 0.4) is 0 Å². The molecular weight excluding hydrogens is 178 g/mol. The highest BCUT2D eigenvalue weighted by atomic mass is 16.5. The van der Waals surface area contributed by atoms with Gasteiger partial charge in [0.25, 0.3) is 0 Å². The molecule has 0 saturated heterocycles. The first-order valence-electron chi connectivity index (χ1n) is 4.55. The van der Waals surface area contributed by atoms with Crippen molar-refractivity contribution in [3.63, 3.8) is 0 Å². The zero-order chi connectivity index (χ0) is 10.9. The van der Waals surface area contributed by atoms with Crippen molar-refractivity contribution >= 4 is 0 Å². The maximum atomic E-state index is 6.00. The van der Waals surface area contributed by atoms with Crippen LogP contribution >= 0.6 is 0 Å². The quantitative estimate of drug-likeness (QED) is 0.772. The summed E-state index contributed by atoms with van der Waals surface area (Å²) in [5, 5.41) is 0. The van der Waals surface area contributed by atoms with E-state index in [4.69, 9.17) is 10.5 Å². The number of rotatable bonds is 2. The first-order chi connectivity index (χ1) is 6.36. The smallest absolute Gasteiger partial charge is 0.219 e. The van der Waals surface area contributed by atoms with Crippen LogP contribution in [0.25, 0.3) is 0 Å². The van der Waals surface area contributed by atoms with E-state index in [1.807, 2.05) is 27.7 Å². The molecule has 0 aliphatic carbocycles. The third kappa shape index (κ3) is 2.01. The molecule has 0 aromatic carbocycles. The van der Waals surface area contributed by atoms with Gasteiger partial charge in [-0.15, -0.1) is 0 Å². The Labute approximate surface area is 84.5 Å². The van der Waals surface area contributed by atoms with Gasteiger partial charge in [-0.25, -0.2) is 4.98 Å². The molecule has 0 saturated carbocycles. The number of hydrogen-bond acceptors (Lipinski definition) is 4. The molecule has 0 amide bonds. The lowest BCUT2D eigenvalue weighted by atomic mass is 9.98. The van der Waals surface area contributed by atoms with E-state index in [1.54, 1.807) is 7.11 Å². The highest BCUT2D eigenvalue weighted by Crippen LogP contribution is 2.24. The molecule has 0 atom stereocenters. The second-order valence-corrected chi connectivity index (χ2v) is 3.98. The number of aromatic nitrogens is 2. The lowest BCUT2D eigenvalue weighted by Gasteiger charge is -2.21. The Morgan fingerprint density at radius 1 is 1.21 bits per heavy atom. The fourth-order valence-electron chi connectivity index (χ4n) is 1.43. The van der Waals surface area contributed by atoms with Gasteiger partial charge in [0, 0.05) is 5.56 Å². The van der Waals surface area contributed by atoms with Gasteiger partial charge in [0.1, 0.15) is 5.82 Å². The third-order valence-electron chi connectivity index (χ3n) is 2.02. The van der Waals surface area contributed by atoms with E-state index < -0.39 is 5.54 Å². The van der Waals surface area contributed by atoms with Crippen LogP contribution in [0.5, 0.6) is 5.88 Å². The van der Waals surface area contributed by atoms with Gasteiger partial charge >= 0.3 is 0 Å². The molecule has 0 radical (unpaired) electrons. The third-order valence-corrected chi connectivity index (χ3v) is 2.02. The molecule has 0 bridgehead atoms. The lowest BCUT2D eigenvalue weighted by Crippen LogP contribution is -2.31. The zero-order valence-electron chi connectivity index (χ0n) is 9.38. The molecule has 0 spiro atoms. The second kappa shape index (κ2) is 3.53. The van der Waals surface area contributed by atoms with Crippen LogP contribution in [0.4, 0.5) is 0 Å². The van der Waals surface area contributed by atoms with Crippen molar-refractivity contribution in [1.29, 1.82) is 0 Å². The number of methoxy groups -OCH3 is 1. The monoisotopic (exact) mass is 195 g/mol. The molecule has 1 aromatic rings. The number of hydrogen-bond donors (Lipinski definition) is 1. The molecule has 1 heterocycles.